The molecule has 0 bridgehead atoms. The molecule has 1 saturated heterocycles. The van der Waals surface area contributed by atoms with Gasteiger partial charge in [0, 0.05) is 38.9 Å². The summed E-state index contributed by atoms with van der Waals surface area (Å²) in [6.07, 6.45) is -0.546. The molecule has 136 valence electrons. The zero-order valence-electron chi connectivity index (χ0n) is 14.6. The molecule has 0 atom stereocenters. The third kappa shape index (κ3) is 4.62. The number of ether oxygens (including phenoxy) is 1. The molecule has 0 radical (unpaired) electrons. The largest absolute Gasteiger partial charge is 0.465 e. The van der Waals surface area contributed by atoms with E-state index in [1.54, 1.807) is 38.4 Å². The van der Waals surface area contributed by atoms with E-state index in [1.807, 2.05) is 6.92 Å². The molecule has 25 heavy (non-hydrogen) atoms. The van der Waals surface area contributed by atoms with Crippen LogP contribution in [0, 0.1) is 5.41 Å². The van der Waals surface area contributed by atoms with Crippen LogP contribution in [0.3, 0.4) is 0 Å². The molecular formula is C17H23N3O5. The van der Waals surface area contributed by atoms with E-state index in [0.29, 0.717) is 37.4 Å². The number of benzene rings is 1. The lowest BCUT2D eigenvalue weighted by atomic mass is 9.79. The third-order valence-corrected chi connectivity index (χ3v) is 4.35. The second kappa shape index (κ2) is 7.42. The van der Waals surface area contributed by atoms with Crippen LogP contribution in [-0.4, -0.2) is 60.2 Å². The van der Waals surface area contributed by atoms with E-state index in [-0.39, 0.29) is 5.91 Å². The lowest BCUT2D eigenvalue weighted by Crippen LogP contribution is -2.46. The summed E-state index contributed by atoms with van der Waals surface area (Å²) < 4.78 is 5.17. The maximum atomic E-state index is 12.6. The minimum absolute atomic E-state index is 0.173. The van der Waals surface area contributed by atoms with Gasteiger partial charge < -0.3 is 25.0 Å². The number of hydrogen-bond acceptors (Lipinski definition) is 4. The number of carbonyl (C=O) groups is 3. The fourth-order valence-corrected chi connectivity index (χ4v) is 2.53. The van der Waals surface area contributed by atoms with Gasteiger partial charge in [-0.1, -0.05) is 13.0 Å². The smallest absolute Gasteiger partial charge is 0.414 e. The Labute approximate surface area is 146 Å². The Kier molecular flexibility index (Phi) is 5.51. The van der Waals surface area contributed by atoms with Crippen LogP contribution in [-0.2, 0) is 4.79 Å². The van der Waals surface area contributed by atoms with Gasteiger partial charge in [-0.25, -0.2) is 9.59 Å². The molecule has 2 rings (SSSR count). The van der Waals surface area contributed by atoms with Crippen LogP contribution in [0.2, 0.25) is 0 Å². The quantitative estimate of drug-likeness (QED) is 0.873. The number of anilines is 1. The molecule has 1 aliphatic rings. The van der Waals surface area contributed by atoms with Gasteiger partial charge in [0.2, 0.25) is 5.91 Å². The lowest BCUT2D eigenvalue weighted by Gasteiger charge is -2.36. The summed E-state index contributed by atoms with van der Waals surface area (Å²) in [5.74, 6) is 0.163. The number of amides is 3. The Morgan fingerprint density at radius 2 is 1.88 bits per heavy atom. The van der Waals surface area contributed by atoms with Crippen LogP contribution < -0.4 is 10.1 Å². The molecule has 0 spiro atoms. The van der Waals surface area contributed by atoms with Crippen molar-refractivity contribution in [3.63, 3.8) is 0 Å². The molecular weight excluding hydrogens is 326 g/mol. The molecule has 0 saturated carbocycles. The minimum atomic E-state index is -0.960. The van der Waals surface area contributed by atoms with E-state index in [2.05, 4.69) is 5.32 Å². The molecule has 0 unspecified atom stereocenters. The van der Waals surface area contributed by atoms with Crippen LogP contribution in [0.1, 0.15) is 19.8 Å². The van der Waals surface area contributed by atoms with Gasteiger partial charge in [0.15, 0.2) is 0 Å². The van der Waals surface area contributed by atoms with Crippen molar-refractivity contribution in [2.45, 2.75) is 19.8 Å². The highest BCUT2D eigenvalue weighted by Gasteiger charge is 2.38. The zero-order valence-corrected chi connectivity index (χ0v) is 14.6. The first-order chi connectivity index (χ1) is 11.7. The average Bonchev–Trinajstić information content (AvgIpc) is 2.55. The van der Waals surface area contributed by atoms with E-state index in [9.17, 15) is 14.4 Å². The number of nitrogens with one attached hydrogen (secondary N) is 1. The fourth-order valence-electron chi connectivity index (χ4n) is 2.53. The molecule has 8 heteroatoms. The van der Waals surface area contributed by atoms with Gasteiger partial charge in [-0.2, -0.15) is 0 Å². The zero-order chi connectivity index (χ0) is 18.6. The van der Waals surface area contributed by atoms with Gasteiger partial charge >= 0.3 is 12.2 Å². The number of rotatable bonds is 3. The van der Waals surface area contributed by atoms with E-state index in [0.717, 1.165) is 0 Å². The summed E-state index contributed by atoms with van der Waals surface area (Å²) in [6, 6.07) is 6.60. The molecule has 1 aromatic rings. The van der Waals surface area contributed by atoms with E-state index in [4.69, 9.17) is 9.84 Å². The molecule has 8 nitrogen and oxygen atoms in total. The maximum Gasteiger partial charge on any atom is 0.414 e. The average molecular weight is 349 g/mol. The van der Waals surface area contributed by atoms with Crippen molar-refractivity contribution in [1.29, 1.82) is 0 Å². The first-order valence-corrected chi connectivity index (χ1v) is 8.00. The third-order valence-electron chi connectivity index (χ3n) is 4.35. The van der Waals surface area contributed by atoms with Crippen molar-refractivity contribution in [2.24, 2.45) is 5.41 Å². The molecule has 0 aliphatic carbocycles. The van der Waals surface area contributed by atoms with Gasteiger partial charge in [0.05, 0.1) is 5.41 Å². The van der Waals surface area contributed by atoms with Crippen LogP contribution >= 0.6 is 0 Å². The Morgan fingerprint density at radius 1 is 1.24 bits per heavy atom. The Hall–Kier alpha value is -2.77. The second-order valence-corrected chi connectivity index (χ2v) is 6.57. The molecule has 1 fully saturated rings. The normalized spacial score (nSPS) is 16.0. The van der Waals surface area contributed by atoms with Gasteiger partial charge in [0.1, 0.15) is 5.75 Å². The van der Waals surface area contributed by atoms with Gasteiger partial charge in [-0.3, -0.25) is 4.79 Å². The number of nitrogens with zero attached hydrogens (tertiary/aromatic N) is 2. The first kappa shape index (κ1) is 18.6. The molecule has 1 aliphatic heterocycles. The van der Waals surface area contributed by atoms with Gasteiger partial charge in [-0.15, -0.1) is 0 Å². The summed E-state index contributed by atoms with van der Waals surface area (Å²) in [5, 5.41) is 11.8. The van der Waals surface area contributed by atoms with Crippen molar-refractivity contribution in [3.8, 4) is 5.75 Å². The van der Waals surface area contributed by atoms with Crippen LogP contribution in [0.25, 0.3) is 0 Å². The molecule has 1 heterocycles. The Bertz CT molecular complexity index is 666. The second-order valence-electron chi connectivity index (χ2n) is 6.57. The van der Waals surface area contributed by atoms with Crippen molar-refractivity contribution in [1.82, 2.24) is 9.80 Å². The minimum Gasteiger partial charge on any atom is -0.465 e. The molecule has 3 amide bonds. The predicted octanol–water partition coefficient (Wildman–Crippen LogP) is 2.47. The lowest BCUT2D eigenvalue weighted by molar-refractivity contribution is -0.127. The predicted molar refractivity (Wildman–Crippen MR) is 91.7 cm³/mol. The van der Waals surface area contributed by atoms with Gasteiger partial charge in [-0.05, 0) is 25.0 Å². The summed E-state index contributed by atoms with van der Waals surface area (Å²) in [6.45, 7) is 2.50. The number of likely N-dealkylation sites (tertiary alicyclic amines) is 1. The number of carbonyl (C=O) groups excluding carboxylic acids is 2. The number of piperidine rings is 1. The van der Waals surface area contributed by atoms with Crippen LogP contribution in [0.4, 0.5) is 15.3 Å². The molecule has 2 N–H and O–H groups in total. The Morgan fingerprint density at radius 3 is 2.44 bits per heavy atom. The molecule has 1 aromatic carbocycles. The van der Waals surface area contributed by atoms with Crippen molar-refractivity contribution in [3.05, 3.63) is 24.3 Å². The first-order valence-electron chi connectivity index (χ1n) is 8.00. The number of hydrogen-bond donors (Lipinski definition) is 2. The van der Waals surface area contributed by atoms with Gasteiger partial charge in [0.25, 0.3) is 0 Å². The Balaban J connectivity index is 2.01. The number of carboxylic acid groups (broad SMARTS) is 1. The van der Waals surface area contributed by atoms with Crippen LogP contribution in [0.5, 0.6) is 5.75 Å². The fraction of sp³-hybridized carbons (Fsp3) is 0.471. The van der Waals surface area contributed by atoms with E-state index < -0.39 is 17.6 Å². The SMILES string of the molecule is CN(C)C(=O)Oc1cccc(NC(=O)C2(C)CCN(C(=O)O)CC2)c1. The van der Waals surface area contributed by atoms with Crippen molar-refractivity contribution in [2.75, 3.05) is 32.5 Å². The summed E-state index contributed by atoms with van der Waals surface area (Å²) in [7, 11) is 3.16. The summed E-state index contributed by atoms with van der Waals surface area (Å²) in [4.78, 5) is 37.8. The topological polar surface area (TPSA) is 99.2 Å². The standard InChI is InChI=1S/C17H23N3O5/c1-17(7-9-20(10-8-17)15(22)23)14(21)18-12-5-4-6-13(11-12)25-16(24)19(2)3/h4-6,11H,7-10H2,1-3H3,(H,18,21)(H,22,23). The summed E-state index contributed by atoms with van der Waals surface area (Å²) >= 11 is 0. The van der Waals surface area contributed by atoms with Crippen LogP contribution in [0.15, 0.2) is 24.3 Å². The van der Waals surface area contributed by atoms with E-state index in [1.165, 1.54) is 9.80 Å². The van der Waals surface area contributed by atoms with Crippen molar-refractivity contribution < 1.29 is 24.2 Å². The highest BCUT2D eigenvalue weighted by Crippen LogP contribution is 2.32. The highest BCUT2D eigenvalue weighted by molar-refractivity contribution is 5.95. The maximum absolute atomic E-state index is 12.6. The van der Waals surface area contributed by atoms with E-state index >= 15 is 0 Å². The monoisotopic (exact) mass is 349 g/mol. The summed E-state index contributed by atoms with van der Waals surface area (Å²) in [5.41, 5.74) is -0.113. The van der Waals surface area contributed by atoms with Crippen molar-refractivity contribution >= 4 is 23.8 Å². The highest BCUT2D eigenvalue weighted by atomic mass is 16.6. The molecule has 0 aromatic heterocycles.